The lowest BCUT2D eigenvalue weighted by Crippen LogP contribution is -2.62. The normalized spacial score (nSPS) is 54.5. The van der Waals surface area contributed by atoms with E-state index in [0.717, 1.165) is 31.1 Å². The van der Waals surface area contributed by atoms with Crippen LogP contribution in [0.3, 0.4) is 0 Å². The molecular formula is C26H46O2. The summed E-state index contributed by atoms with van der Waals surface area (Å²) in [5.41, 5.74) is 0.769. The van der Waals surface area contributed by atoms with Crippen LogP contribution < -0.4 is 0 Å². The highest BCUT2D eigenvalue weighted by Crippen LogP contribution is 2.69. The SMILES string of the molecule is CCC[C@@H](C)[C@H]1CC[C@H]2[C@@H]3[C@H](O)[C@H](CC)[C@@H]4C[C@H](O)CC[C@]4(C)[C@H]3CC[C@]12C. The van der Waals surface area contributed by atoms with Crippen LogP contribution in [0.5, 0.6) is 0 Å². The van der Waals surface area contributed by atoms with E-state index in [0.29, 0.717) is 40.4 Å². The van der Waals surface area contributed by atoms with Crippen molar-refractivity contribution < 1.29 is 10.2 Å². The Labute approximate surface area is 173 Å². The number of aliphatic hydroxyl groups is 2. The Kier molecular flexibility index (Phi) is 5.71. The lowest BCUT2D eigenvalue weighted by atomic mass is 9.41. The molecule has 0 spiro atoms. The van der Waals surface area contributed by atoms with Crippen molar-refractivity contribution in [3.8, 4) is 0 Å². The topological polar surface area (TPSA) is 40.5 Å². The Bertz CT molecular complexity index is 561. The van der Waals surface area contributed by atoms with E-state index in [1.54, 1.807) is 0 Å². The molecule has 0 saturated heterocycles. The molecule has 28 heavy (non-hydrogen) atoms. The molecule has 2 heteroatoms. The standard InChI is InChI=1S/C26H46O2/c1-6-8-16(3)19-9-10-20-23-21(12-14-25(19,20)4)26(5)13-11-17(27)15-22(26)18(7-2)24(23)28/h16-24,27-28H,6-15H2,1-5H3/t16-,17-,18-,19-,20+,21+,22+,23+,24-,25-,26-/m1/s1. The highest BCUT2D eigenvalue weighted by atomic mass is 16.3. The Morgan fingerprint density at radius 1 is 0.893 bits per heavy atom. The molecule has 2 nitrogen and oxygen atoms in total. The van der Waals surface area contributed by atoms with Crippen molar-refractivity contribution in [2.75, 3.05) is 0 Å². The first-order valence-corrected chi connectivity index (χ1v) is 12.6. The van der Waals surface area contributed by atoms with E-state index in [-0.39, 0.29) is 12.2 Å². The molecular weight excluding hydrogens is 344 g/mol. The molecule has 0 radical (unpaired) electrons. The summed E-state index contributed by atoms with van der Waals surface area (Å²) < 4.78 is 0. The molecule has 0 heterocycles. The second kappa shape index (κ2) is 7.56. The number of rotatable bonds is 4. The van der Waals surface area contributed by atoms with Crippen molar-refractivity contribution >= 4 is 0 Å². The second-order valence-corrected chi connectivity index (χ2v) is 11.9. The maximum absolute atomic E-state index is 11.7. The van der Waals surface area contributed by atoms with Gasteiger partial charge in [-0.25, -0.2) is 0 Å². The van der Waals surface area contributed by atoms with Crippen molar-refractivity contribution in [1.29, 1.82) is 0 Å². The van der Waals surface area contributed by atoms with Gasteiger partial charge in [0.05, 0.1) is 12.2 Å². The maximum atomic E-state index is 11.7. The molecule has 4 aliphatic rings. The van der Waals surface area contributed by atoms with Gasteiger partial charge in [-0.15, -0.1) is 0 Å². The Morgan fingerprint density at radius 3 is 2.25 bits per heavy atom. The Morgan fingerprint density at radius 2 is 1.57 bits per heavy atom. The molecule has 0 aliphatic heterocycles. The fourth-order valence-corrected chi connectivity index (χ4v) is 9.59. The van der Waals surface area contributed by atoms with Crippen molar-refractivity contribution in [2.24, 2.45) is 52.3 Å². The molecule has 2 N–H and O–H groups in total. The minimum absolute atomic E-state index is 0.143. The first kappa shape index (κ1) is 21.2. The van der Waals surface area contributed by atoms with E-state index in [4.69, 9.17) is 0 Å². The van der Waals surface area contributed by atoms with E-state index in [2.05, 4.69) is 34.6 Å². The molecule has 0 aromatic carbocycles. The summed E-state index contributed by atoms with van der Waals surface area (Å²) in [7, 11) is 0. The lowest BCUT2D eigenvalue weighted by Gasteiger charge is -2.64. The molecule has 4 saturated carbocycles. The molecule has 162 valence electrons. The van der Waals surface area contributed by atoms with Gasteiger partial charge in [0.25, 0.3) is 0 Å². The molecule has 0 bridgehead atoms. The van der Waals surface area contributed by atoms with Gasteiger partial charge in [-0.3, -0.25) is 0 Å². The minimum Gasteiger partial charge on any atom is -0.393 e. The van der Waals surface area contributed by atoms with Crippen LogP contribution in [0.2, 0.25) is 0 Å². The maximum Gasteiger partial charge on any atom is 0.0605 e. The zero-order valence-corrected chi connectivity index (χ0v) is 19.2. The third-order valence-electron chi connectivity index (χ3n) is 10.9. The summed E-state index contributed by atoms with van der Waals surface area (Å²) in [6.07, 6.45) is 11.9. The third kappa shape index (κ3) is 2.95. The van der Waals surface area contributed by atoms with E-state index >= 15 is 0 Å². The largest absolute Gasteiger partial charge is 0.393 e. The zero-order valence-electron chi connectivity index (χ0n) is 19.2. The quantitative estimate of drug-likeness (QED) is 0.613. The van der Waals surface area contributed by atoms with Crippen LogP contribution >= 0.6 is 0 Å². The molecule has 0 aromatic rings. The monoisotopic (exact) mass is 390 g/mol. The average molecular weight is 391 g/mol. The summed E-state index contributed by atoms with van der Waals surface area (Å²) in [6, 6.07) is 0. The number of hydrogen-bond donors (Lipinski definition) is 2. The van der Waals surface area contributed by atoms with Gasteiger partial charge in [-0.2, -0.15) is 0 Å². The summed E-state index contributed by atoms with van der Waals surface area (Å²) in [5.74, 6) is 4.45. The first-order valence-electron chi connectivity index (χ1n) is 12.6. The smallest absolute Gasteiger partial charge is 0.0605 e. The summed E-state index contributed by atoms with van der Waals surface area (Å²) in [6.45, 7) is 12.3. The first-order chi connectivity index (χ1) is 13.3. The van der Waals surface area contributed by atoms with Gasteiger partial charge in [0.1, 0.15) is 0 Å². The van der Waals surface area contributed by atoms with Gasteiger partial charge in [0.2, 0.25) is 0 Å². The van der Waals surface area contributed by atoms with E-state index in [1.807, 2.05) is 0 Å². The highest BCUT2D eigenvalue weighted by Gasteiger charge is 2.64. The molecule has 11 atom stereocenters. The molecule has 0 unspecified atom stereocenters. The fraction of sp³-hybridized carbons (Fsp3) is 1.00. The van der Waals surface area contributed by atoms with Crippen molar-refractivity contribution in [2.45, 2.75) is 111 Å². The van der Waals surface area contributed by atoms with Gasteiger partial charge in [0, 0.05) is 0 Å². The molecule has 0 aromatic heterocycles. The van der Waals surface area contributed by atoms with Gasteiger partial charge in [0.15, 0.2) is 0 Å². The van der Waals surface area contributed by atoms with Crippen molar-refractivity contribution in [3.63, 3.8) is 0 Å². The van der Waals surface area contributed by atoms with Crippen molar-refractivity contribution in [1.82, 2.24) is 0 Å². The van der Waals surface area contributed by atoms with Crippen LogP contribution in [0, 0.1) is 52.3 Å². The Hall–Kier alpha value is -0.0800. The highest BCUT2D eigenvalue weighted by molar-refractivity contribution is 5.13. The molecule has 0 amide bonds. The average Bonchev–Trinajstić information content (AvgIpc) is 3.01. The number of aliphatic hydroxyl groups excluding tert-OH is 2. The van der Waals surface area contributed by atoms with Gasteiger partial charge in [-0.1, -0.05) is 53.9 Å². The summed E-state index contributed by atoms with van der Waals surface area (Å²) >= 11 is 0. The van der Waals surface area contributed by atoms with Gasteiger partial charge in [-0.05, 0) is 97.2 Å². The number of hydrogen-bond acceptors (Lipinski definition) is 2. The van der Waals surface area contributed by atoms with Crippen LogP contribution in [0.15, 0.2) is 0 Å². The zero-order chi connectivity index (χ0) is 20.3. The minimum atomic E-state index is -0.150. The molecule has 4 fully saturated rings. The van der Waals surface area contributed by atoms with Crippen molar-refractivity contribution in [3.05, 3.63) is 0 Å². The molecule has 4 aliphatic carbocycles. The summed E-state index contributed by atoms with van der Waals surface area (Å²) in [4.78, 5) is 0. The molecule has 4 rings (SSSR count). The van der Waals surface area contributed by atoms with E-state index in [9.17, 15) is 10.2 Å². The predicted octanol–water partition coefficient (Wildman–Crippen LogP) is 6.05. The Balaban J connectivity index is 1.67. The van der Waals surface area contributed by atoms with Crippen LogP contribution in [0.4, 0.5) is 0 Å². The van der Waals surface area contributed by atoms with Crippen LogP contribution in [0.1, 0.15) is 98.8 Å². The van der Waals surface area contributed by atoms with Crippen LogP contribution in [0.25, 0.3) is 0 Å². The predicted molar refractivity (Wildman–Crippen MR) is 116 cm³/mol. The second-order valence-electron chi connectivity index (χ2n) is 11.9. The van der Waals surface area contributed by atoms with E-state index < -0.39 is 0 Å². The van der Waals surface area contributed by atoms with E-state index in [1.165, 1.54) is 44.9 Å². The number of fused-ring (bicyclic) bond motifs is 5. The van der Waals surface area contributed by atoms with Crippen LogP contribution in [-0.4, -0.2) is 22.4 Å². The third-order valence-corrected chi connectivity index (χ3v) is 10.9. The fourth-order valence-electron chi connectivity index (χ4n) is 9.59. The van der Waals surface area contributed by atoms with Crippen LogP contribution in [-0.2, 0) is 0 Å². The van der Waals surface area contributed by atoms with Gasteiger partial charge >= 0.3 is 0 Å². The summed E-state index contributed by atoms with van der Waals surface area (Å²) in [5, 5.41) is 22.1. The van der Waals surface area contributed by atoms with Gasteiger partial charge < -0.3 is 10.2 Å². The lowest BCUT2D eigenvalue weighted by molar-refractivity contribution is -0.203.